The molecule has 0 spiro atoms. The van der Waals surface area contributed by atoms with Gasteiger partial charge >= 0.3 is 0 Å². The van der Waals surface area contributed by atoms with Gasteiger partial charge in [0.1, 0.15) is 0 Å². The van der Waals surface area contributed by atoms with E-state index in [4.69, 9.17) is 0 Å². The van der Waals surface area contributed by atoms with E-state index in [1.54, 1.807) is 12.2 Å². The molecular formula is C13H15N3O2. The normalized spacial score (nSPS) is 11.6. The number of rotatable bonds is 4. The quantitative estimate of drug-likeness (QED) is 0.784. The molecule has 0 aromatic carbocycles. The van der Waals surface area contributed by atoms with Crippen molar-refractivity contribution in [3.63, 3.8) is 0 Å². The summed E-state index contributed by atoms with van der Waals surface area (Å²) >= 11 is 0. The molecule has 0 aliphatic carbocycles. The summed E-state index contributed by atoms with van der Waals surface area (Å²) in [4.78, 5) is 29.5. The molecule has 0 aliphatic rings. The molecule has 5 nitrogen and oxygen atoms in total. The van der Waals surface area contributed by atoms with E-state index in [1.165, 1.54) is 13.2 Å². The van der Waals surface area contributed by atoms with Gasteiger partial charge in [0.25, 0.3) is 11.5 Å². The second kappa shape index (κ2) is 6.34. The minimum Gasteiger partial charge on any atom is -0.354 e. The fourth-order valence-corrected chi connectivity index (χ4v) is 1.37. The third-order valence-corrected chi connectivity index (χ3v) is 2.18. The summed E-state index contributed by atoms with van der Waals surface area (Å²) in [5, 5.41) is 2.35. The molecule has 1 heterocycles. The predicted molar refractivity (Wildman–Crippen MR) is 71.2 cm³/mol. The minimum absolute atomic E-state index is 0.153. The fourth-order valence-electron chi connectivity index (χ4n) is 1.37. The number of hydrogen-bond acceptors (Lipinski definition) is 3. The lowest BCUT2D eigenvalue weighted by molar-refractivity contribution is 0.0956. The monoisotopic (exact) mass is 245 g/mol. The van der Waals surface area contributed by atoms with Crippen molar-refractivity contribution in [3.8, 4) is 0 Å². The summed E-state index contributed by atoms with van der Waals surface area (Å²) < 4.78 is 0. The van der Waals surface area contributed by atoms with E-state index in [2.05, 4.69) is 21.9 Å². The molecule has 94 valence electrons. The Bertz CT molecular complexity index is 568. The van der Waals surface area contributed by atoms with Crippen LogP contribution in [0.25, 0.3) is 5.57 Å². The number of nitrogens with one attached hydrogen (secondary N) is 2. The van der Waals surface area contributed by atoms with E-state index in [-0.39, 0.29) is 5.69 Å². The van der Waals surface area contributed by atoms with Gasteiger partial charge in [-0.1, -0.05) is 30.9 Å². The van der Waals surface area contributed by atoms with Crippen molar-refractivity contribution in [1.29, 1.82) is 0 Å². The number of amides is 1. The van der Waals surface area contributed by atoms with Crippen molar-refractivity contribution >= 4 is 11.5 Å². The summed E-state index contributed by atoms with van der Waals surface area (Å²) in [7, 11) is 1.44. The second-order valence-corrected chi connectivity index (χ2v) is 3.41. The summed E-state index contributed by atoms with van der Waals surface area (Å²) in [5.74, 6) is -0.511. The van der Waals surface area contributed by atoms with Crippen LogP contribution in [0.15, 0.2) is 41.9 Å². The van der Waals surface area contributed by atoms with Crippen LogP contribution in [0, 0.1) is 0 Å². The van der Waals surface area contributed by atoms with Crippen LogP contribution in [-0.2, 0) is 0 Å². The molecule has 0 atom stereocenters. The maximum absolute atomic E-state index is 11.7. The Kier molecular flexibility index (Phi) is 4.80. The first-order chi connectivity index (χ1) is 8.63. The van der Waals surface area contributed by atoms with Gasteiger partial charge in [-0.25, -0.2) is 4.98 Å². The van der Waals surface area contributed by atoms with Gasteiger partial charge in [-0.05, 0) is 12.5 Å². The summed E-state index contributed by atoms with van der Waals surface area (Å²) in [5.41, 5.74) is 0.622. The van der Waals surface area contributed by atoms with E-state index in [1.807, 2.05) is 19.1 Å². The molecule has 1 amide bonds. The van der Waals surface area contributed by atoms with Gasteiger partial charge in [0.05, 0.1) is 11.9 Å². The van der Waals surface area contributed by atoms with Crippen molar-refractivity contribution in [2.24, 2.45) is 0 Å². The van der Waals surface area contributed by atoms with E-state index in [0.717, 1.165) is 5.57 Å². The third kappa shape index (κ3) is 3.04. The zero-order valence-electron chi connectivity index (χ0n) is 10.4. The maximum atomic E-state index is 11.7. The Morgan fingerprint density at radius 3 is 2.78 bits per heavy atom. The van der Waals surface area contributed by atoms with Crippen LogP contribution < -0.4 is 10.9 Å². The molecule has 5 heteroatoms. The van der Waals surface area contributed by atoms with Crippen molar-refractivity contribution in [2.45, 2.75) is 6.92 Å². The van der Waals surface area contributed by atoms with Crippen LogP contribution in [0.5, 0.6) is 0 Å². The van der Waals surface area contributed by atoms with Gasteiger partial charge in [-0.15, -0.1) is 0 Å². The Morgan fingerprint density at radius 1 is 1.56 bits per heavy atom. The minimum atomic E-state index is -0.522. The Morgan fingerprint density at radius 2 is 2.28 bits per heavy atom. The smallest absolute Gasteiger partial charge is 0.280 e. The zero-order valence-corrected chi connectivity index (χ0v) is 10.4. The SMILES string of the molecule is C=C/C=C(\C=C/C)c1cnc(C(=O)NC)c(=O)[nH]1. The summed E-state index contributed by atoms with van der Waals surface area (Å²) in [6.07, 6.45) is 8.45. The first-order valence-corrected chi connectivity index (χ1v) is 5.41. The first kappa shape index (κ1) is 13.6. The molecule has 0 aliphatic heterocycles. The fraction of sp³-hybridized carbons (Fsp3) is 0.154. The highest BCUT2D eigenvalue weighted by Crippen LogP contribution is 2.11. The van der Waals surface area contributed by atoms with Crippen LogP contribution in [0.2, 0.25) is 0 Å². The lowest BCUT2D eigenvalue weighted by Gasteiger charge is -2.03. The van der Waals surface area contributed by atoms with Gasteiger partial charge in [0, 0.05) is 7.05 Å². The predicted octanol–water partition coefficient (Wildman–Crippen LogP) is 1.27. The third-order valence-electron chi connectivity index (χ3n) is 2.18. The standard InChI is InChI=1S/C13H15N3O2/c1-4-6-9(7-5-2)10-8-15-11(12(17)14-3)13(18)16-10/h4-8H,1H2,2-3H3,(H,14,17)(H,16,18)/b7-5-,9-6+. The lowest BCUT2D eigenvalue weighted by Crippen LogP contribution is -2.28. The van der Waals surface area contributed by atoms with Gasteiger partial charge in [0.15, 0.2) is 5.69 Å². The average molecular weight is 245 g/mol. The van der Waals surface area contributed by atoms with E-state index in [9.17, 15) is 9.59 Å². The van der Waals surface area contributed by atoms with Crippen molar-refractivity contribution in [3.05, 3.63) is 58.8 Å². The number of nitrogens with zero attached hydrogens (tertiary/aromatic N) is 1. The molecule has 1 aromatic heterocycles. The number of aromatic amines is 1. The number of aromatic nitrogens is 2. The number of carbonyl (C=O) groups excluding carboxylic acids is 1. The van der Waals surface area contributed by atoms with Crippen molar-refractivity contribution in [1.82, 2.24) is 15.3 Å². The lowest BCUT2D eigenvalue weighted by atomic mass is 10.1. The van der Waals surface area contributed by atoms with E-state index >= 15 is 0 Å². The van der Waals surface area contributed by atoms with Crippen LogP contribution in [-0.4, -0.2) is 22.9 Å². The van der Waals surface area contributed by atoms with Crippen molar-refractivity contribution < 1.29 is 4.79 Å². The molecule has 0 saturated heterocycles. The molecule has 2 N–H and O–H groups in total. The number of allylic oxidation sites excluding steroid dienone is 5. The number of carbonyl (C=O) groups is 1. The molecule has 0 bridgehead atoms. The molecule has 18 heavy (non-hydrogen) atoms. The van der Waals surface area contributed by atoms with Crippen LogP contribution >= 0.6 is 0 Å². The second-order valence-electron chi connectivity index (χ2n) is 3.41. The largest absolute Gasteiger partial charge is 0.354 e. The molecular weight excluding hydrogens is 230 g/mol. The average Bonchev–Trinajstić information content (AvgIpc) is 2.37. The molecule has 1 aromatic rings. The number of H-pyrrole nitrogens is 1. The highest BCUT2D eigenvalue weighted by Gasteiger charge is 2.11. The molecule has 0 saturated carbocycles. The zero-order chi connectivity index (χ0) is 13.5. The van der Waals surface area contributed by atoms with E-state index < -0.39 is 11.5 Å². The molecule has 0 fully saturated rings. The van der Waals surface area contributed by atoms with Gasteiger partial charge in [-0.3, -0.25) is 9.59 Å². The Balaban J connectivity index is 3.26. The van der Waals surface area contributed by atoms with E-state index in [0.29, 0.717) is 5.69 Å². The van der Waals surface area contributed by atoms with Gasteiger partial charge in [0.2, 0.25) is 0 Å². The van der Waals surface area contributed by atoms with Crippen LogP contribution in [0.1, 0.15) is 23.1 Å². The van der Waals surface area contributed by atoms with Crippen LogP contribution in [0.4, 0.5) is 0 Å². The topological polar surface area (TPSA) is 74.8 Å². The first-order valence-electron chi connectivity index (χ1n) is 5.41. The molecule has 1 rings (SSSR count). The van der Waals surface area contributed by atoms with Gasteiger partial charge < -0.3 is 10.3 Å². The molecule has 0 unspecified atom stereocenters. The van der Waals surface area contributed by atoms with Gasteiger partial charge in [-0.2, -0.15) is 0 Å². The summed E-state index contributed by atoms with van der Waals surface area (Å²) in [6.45, 7) is 5.47. The van der Waals surface area contributed by atoms with Crippen molar-refractivity contribution in [2.75, 3.05) is 7.05 Å². The molecule has 0 radical (unpaired) electrons. The maximum Gasteiger partial charge on any atom is 0.280 e. The highest BCUT2D eigenvalue weighted by molar-refractivity contribution is 5.91. The van der Waals surface area contributed by atoms with Crippen LogP contribution in [0.3, 0.4) is 0 Å². The highest BCUT2D eigenvalue weighted by atomic mass is 16.2. The number of hydrogen-bond donors (Lipinski definition) is 2. The Labute approximate surface area is 105 Å². The summed E-state index contributed by atoms with van der Waals surface area (Å²) in [6, 6.07) is 0. The Hall–Kier alpha value is -2.43.